The standard InChI is InChI=1S/C16H11F3O4/c1-9-8-13(21)14(15(22)23-9)12(20)7-4-10-2-5-11(6-3-10)16(17,18)19/h2-8,21H,1H3. The number of aromatic hydroxyl groups is 1. The van der Waals surface area contributed by atoms with Crippen molar-refractivity contribution in [1.82, 2.24) is 0 Å². The summed E-state index contributed by atoms with van der Waals surface area (Å²) in [6.07, 6.45) is -2.23. The average molecular weight is 324 g/mol. The molecule has 1 aromatic heterocycles. The highest BCUT2D eigenvalue weighted by molar-refractivity contribution is 6.08. The summed E-state index contributed by atoms with van der Waals surface area (Å²) in [5, 5.41) is 9.63. The van der Waals surface area contributed by atoms with Crippen molar-refractivity contribution in [1.29, 1.82) is 0 Å². The van der Waals surface area contributed by atoms with Gasteiger partial charge in [0.2, 0.25) is 0 Å². The molecule has 0 fully saturated rings. The smallest absolute Gasteiger partial charge is 0.416 e. The molecule has 0 atom stereocenters. The molecule has 1 heterocycles. The Morgan fingerprint density at radius 1 is 1.22 bits per heavy atom. The van der Waals surface area contributed by atoms with Crippen molar-refractivity contribution >= 4 is 11.9 Å². The molecule has 4 nitrogen and oxygen atoms in total. The van der Waals surface area contributed by atoms with E-state index in [4.69, 9.17) is 4.42 Å². The zero-order valence-electron chi connectivity index (χ0n) is 11.8. The van der Waals surface area contributed by atoms with Gasteiger partial charge >= 0.3 is 11.8 Å². The first kappa shape index (κ1) is 16.5. The number of benzene rings is 1. The minimum absolute atomic E-state index is 0.149. The number of carbonyl (C=O) groups is 1. The predicted octanol–water partition coefficient (Wildman–Crippen LogP) is 3.57. The van der Waals surface area contributed by atoms with Crippen LogP contribution in [0.25, 0.3) is 6.08 Å². The van der Waals surface area contributed by atoms with Gasteiger partial charge in [-0.1, -0.05) is 18.2 Å². The molecule has 0 radical (unpaired) electrons. The van der Waals surface area contributed by atoms with Crippen molar-refractivity contribution < 1.29 is 27.5 Å². The quantitative estimate of drug-likeness (QED) is 0.692. The van der Waals surface area contributed by atoms with E-state index in [-0.39, 0.29) is 5.76 Å². The number of aryl methyl sites for hydroxylation is 1. The number of ketones is 1. The Balaban J connectivity index is 2.24. The van der Waals surface area contributed by atoms with Gasteiger partial charge in [-0.2, -0.15) is 13.2 Å². The first-order chi connectivity index (χ1) is 10.7. The Bertz CT molecular complexity index is 815. The first-order valence-electron chi connectivity index (χ1n) is 6.42. The van der Waals surface area contributed by atoms with E-state index in [2.05, 4.69) is 0 Å². The van der Waals surface area contributed by atoms with E-state index in [0.717, 1.165) is 24.3 Å². The normalized spacial score (nSPS) is 11.8. The molecule has 7 heteroatoms. The molecule has 2 aromatic rings. The summed E-state index contributed by atoms with van der Waals surface area (Å²) in [4.78, 5) is 23.5. The summed E-state index contributed by atoms with van der Waals surface area (Å²) < 4.78 is 42.0. The van der Waals surface area contributed by atoms with Crippen LogP contribution in [0.5, 0.6) is 5.75 Å². The molecule has 0 amide bonds. The summed E-state index contributed by atoms with van der Waals surface area (Å²) in [5.41, 5.74) is -1.98. The Morgan fingerprint density at radius 2 is 1.83 bits per heavy atom. The van der Waals surface area contributed by atoms with Crippen LogP contribution in [0, 0.1) is 6.92 Å². The first-order valence-corrected chi connectivity index (χ1v) is 6.42. The second-order valence-electron chi connectivity index (χ2n) is 4.72. The lowest BCUT2D eigenvalue weighted by atomic mass is 10.1. The second-order valence-corrected chi connectivity index (χ2v) is 4.72. The predicted molar refractivity (Wildman–Crippen MR) is 76.2 cm³/mol. The van der Waals surface area contributed by atoms with Crippen molar-refractivity contribution in [3.63, 3.8) is 0 Å². The van der Waals surface area contributed by atoms with Gasteiger partial charge in [-0.3, -0.25) is 4.79 Å². The molecule has 0 unspecified atom stereocenters. The minimum atomic E-state index is -4.44. The fourth-order valence-corrected chi connectivity index (χ4v) is 1.86. The Labute approximate surface area is 128 Å². The summed E-state index contributed by atoms with van der Waals surface area (Å²) in [5.74, 6) is -1.17. The molecular formula is C16H11F3O4. The third-order valence-electron chi connectivity index (χ3n) is 2.97. The third-order valence-corrected chi connectivity index (χ3v) is 2.97. The topological polar surface area (TPSA) is 67.5 Å². The van der Waals surface area contributed by atoms with Gasteiger partial charge in [0.1, 0.15) is 17.1 Å². The highest BCUT2D eigenvalue weighted by atomic mass is 19.4. The number of alkyl halides is 3. The van der Waals surface area contributed by atoms with Crippen LogP contribution in [-0.2, 0) is 6.18 Å². The van der Waals surface area contributed by atoms with Crippen LogP contribution in [0.15, 0.2) is 45.6 Å². The molecule has 23 heavy (non-hydrogen) atoms. The number of allylic oxidation sites excluding steroid dienone is 1. The third kappa shape index (κ3) is 3.88. The zero-order valence-corrected chi connectivity index (χ0v) is 11.8. The summed E-state index contributed by atoms with van der Waals surface area (Å²) in [6.45, 7) is 1.44. The van der Waals surface area contributed by atoms with Crippen LogP contribution >= 0.6 is 0 Å². The van der Waals surface area contributed by atoms with Gasteiger partial charge in [0.25, 0.3) is 0 Å². The molecule has 0 aliphatic heterocycles. The maximum absolute atomic E-state index is 12.4. The number of hydrogen-bond acceptors (Lipinski definition) is 4. The van der Waals surface area contributed by atoms with E-state index in [0.29, 0.717) is 5.56 Å². The van der Waals surface area contributed by atoms with E-state index >= 15 is 0 Å². The Kier molecular flexibility index (Phi) is 4.40. The molecular weight excluding hydrogens is 313 g/mol. The van der Waals surface area contributed by atoms with Gasteiger partial charge in [0.15, 0.2) is 5.78 Å². The molecule has 0 saturated heterocycles. The zero-order chi connectivity index (χ0) is 17.2. The van der Waals surface area contributed by atoms with Gasteiger partial charge < -0.3 is 9.52 Å². The van der Waals surface area contributed by atoms with Crippen LogP contribution in [0.4, 0.5) is 13.2 Å². The maximum Gasteiger partial charge on any atom is 0.416 e. The van der Waals surface area contributed by atoms with Crippen molar-refractivity contribution in [3.8, 4) is 5.75 Å². The largest absolute Gasteiger partial charge is 0.507 e. The Hall–Kier alpha value is -2.83. The maximum atomic E-state index is 12.4. The number of halogens is 3. The van der Waals surface area contributed by atoms with E-state index < -0.39 is 34.5 Å². The molecule has 0 spiro atoms. The average Bonchev–Trinajstić information content (AvgIpc) is 2.43. The molecule has 1 aromatic carbocycles. The second kappa shape index (κ2) is 6.12. The van der Waals surface area contributed by atoms with E-state index in [1.807, 2.05) is 0 Å². The summed E-state index contributed by atoms with van der Waals surface area (Å²) in [7, 11) is 0. The fourth-order valence-electron chi connectivity index (χ4n) is 1.86. The van der Waals surface area contributed by atoms with Gasteiger partial charge in [0.05, 0.1) is 5.56 Å². The summed E-state index contributed by atoms with van der Waals surface area (Å²) in [6, 6.07) is 5.25. The van der Waals surface area contributed by atoms with Gasteiger partial charge in [-0.15, -0.1) is 0 Å². The number of hydrogen-bond donors (Lipinski definition) is 1. The van der Waals surface area contributed by atoms with Crippen LogP contribution in [0.2, 0.25) is 0 Å². The highest BCUT2D eigenvalue weighted by Gasteiger charge is 2.29. The van der Waals surface area contributed by atoms with E-state index in [9.17, 15) is 27.9 Å². The minimum Gasteiger partial charge on any atom is -0.507 e. The summed E-state index contributed by atoms with van der Waals surface area (Å²) >= 11 is 0. The van der Waals surface area contributed by atoms with Crippen LogP contribution in [-0.4, -0.2) is 10.9 Å². The fraction of sp³-hybridized carbons (Fsp3) is 0.125. The van der Waals surface area contributed by atoms with Crippen LogP contribution in [0.3, 0.4) is 0 Å². The molecule has 1 N–H and O–H groups in total. The molecule has 0 bridgehead atoms. The van der Waals surface area contributed by atoms with E-state index in [1.165, 1.54) is 25.1 Å². The molecule has 0 aliphatic carbocycles. The lowest BCUT2D eigenvalue weighted by Crippen LogP contribution is -2.12. The van der Waals surface area contributed by atoms with Gasteiger partial charge in [-0.05, 0) is 30.7 Å². The SMILES string of the molecule is Cc1cc(O)c(C(=O)C=Cc2ccc(C(F)(F)F)cc2)c(=O)o1. The number of rotatable bonds is 3. The van der Waals surface area contributed by atoms with Crippen LogP contribution in [0.1, 0.15) is 27.2 Å². The molecule has 2 rings (SSSR count). The number of carbonyl (C=O) groups excluding carboxylic acids is 1. The van der Waals surface area contributed by atoms with Crippen molar-refractivity contribution in [2.24, 2.45) is 0 Å². The van der Waals surface area contributed by atoms with Gasteiger partial charge in [0, 0.05) is 6.07 Å². The van der Waals surface area contributed by atoms with Crippen molar-refractivity contribution in [2.45, 2.75) is 13.1 Å². The van der Waals surface area contributed by atoms with E-state index in [1.54, 1.807) is 0 Å². The molecule has 0 aliphatic rings. The lowest BCUT2D eigenvalue weighted by molar-refractivity contribution is -0.137. The molecule has 0 saturated carbocycles. The molecule has 120 valence electrons. The van der Waals surface area contributed by atoms with Gasteiger partial charge in [-0.25, -0.2) is 4.79 Å². The monoisotopic (exact) mass is 324 g/mol. The highest BCUT2D eigenvalue weighted by Crippen LogP contribution is 2.29. The van der Waals surface area contributed by atoms with Crippen molar-refractivity contribution in [2.75, 3.05) is 0 Å². The van der Waals surface area contributed by atoms with Crippen LogP contribution < -0.4 is 5.63 Å². The Morgan fingerprint density at radius 3 is 2.35 bits per heavy atom. The van der Waals surface area contributed by atoms with Crippen molar-refractivity contribution in [3.05, 3.63) is 69.3 Å². The lowest BCUT2D eigenvalue weighted by Gasteiger charge is -2.05.